The van der Waals surface area contributed by atoms with Gasteiger partial charge >= 0.3 is 10.1 Å². The van der Waals surface area contributed by atoms with Gasteiger partial charge in [0.25, 0.3) is 0 Å². The van der Waals surface area contributed by atoms with Gasteiger partial charge in [-0.3, -0.25) is 4.18 Å². The molecule has 1 unspecified atom stereocenters. The molecule has 124 valence electrons. The van der Waals surface area contributed by atoms with Gasteiger partial charge in [-0.2, -0.15) is 8.42 Å². The van der Waals surface area contributed by atoms with Crippen molar-refractivity contribution in [1.29, 1.82) is 0 Å². The van der Waals surface area contributed by atoms with E-state index in [9.17, 15) is 8.42 Å². The van der Waals surface area contributed by atoms with Crippen molar-refractivity contribution in [2.45, 2.75) is 38.2 Å². The van der Waals surface area contributed by atoms with Crippen LogP contribution in [0.5, 0.6) is 5.75 Å². The van der Waals surface area contributed by atoms with E-state index in [4.69, 9.17) is 8.92 Å². The molecule has 2 aromatic rings. The van der Waals surface area contributed by atoms with Crippen molar-refractivity contribution in [3.63, 3.8) is 0 Å². The van der Waals surface area contributed by atoms with Gasteiger partial charge in [0.2, 0.25) is 0 Å². The molecule has 0 spiro atoms. The Morgan fingerprint density at radius 3 is 2.43 bits per heavy atom. The van der Waals surface area contributed by atoms with E-state index in [1.165, 1.54) is 6.07 Å². The van der Waals surface area contributed by atoms with E-state index in [-0.39, 0.29) is 17.6 Å². The molecule has 1 atom stereocenters. The number of ether oxygens (including phenoxy) is 1. The van der Waals surface area contributed by atoms with Crippen molar-refractivity contribution in [2.75, 3.05) is 6.61 Å². The summed E-state index contributed by atoms with van der Waals surface area (Å²) in [6, 6.07) is 14.7. The quantitative estimate of drug-likeness (QED) is 0.710. The summed E-state index contributed by atoms with van der Waals surface area (Å²) >= 11 is 0. The Morgan fingerprint density at radius 2 is 1.78 bits per heavy atom. The topological polar surface area (TPSA) is 52.6 Å². The van der Waals surface area contributed by atoms with Crippen LogP contribution in [-0.2, 0) is 14.3 Å². The maximum absolute atomic E-state index is 12.3. The van der Waals surface area contributed by atoms with Crippen LogP contribution < -0.4 is 4.74 Å². The predicted octanol–water partition coefficient (Wildman–Crippen LogP) is 4.25. The van der Waals surface area contributed by atoms with Crippen molar-refractivity contribution < 1.29 is 17.3 Å². The first-order valence-corrected chi connectivity index (χ1v) is 9.06. The van der Waals surface area contributed by atoms with Gasteiger partial charge in [-0.1, -0.05) is 43.3 Å². The number of hydrogen-bond acceptors (Lipinski definition) is 4. The van der Waals surface area contributed by atoms with Gasteiger partial charge in [0.1, 0.15) is 16.7 Å². The highest BCUT2D eigenvalue weighted by Gasteiger charge is 2.22. The van der Waals surface area contributed by atoms with Crippen LogP contribution in [0, 0.1) is 6.92 Å². The third kappa shape index (κ3) is 4.56. The first-order valence-electron chi connectivity index (χ1n) is 7.65. The summed E-state index contributed by atoms with van der Waals surface area (Å²) in [5, 5.41) is 0. The van der Waals surface area contributed by atoms with Crippen molar-refractivity contribution in [1.82, 2.24) is 0 Å². The second-order valence-electron chi connectivity index (χ2n) is 5.40. The lowest BCUT2D eigenvalue weighted by Crippen LogP contribution is -2.11. The Bertz CT molecular complexity index is 739. The van der Waals surface area contributed by atoms with Gasteiger partial charge in [0.15, 0.2) is 0 Å². The predicted molar refractivity (Wildman–Crippen MR) is 90.1 cm³/mol. The maximum Gasteiger partial charge on any atom is 0.300 e. The molecule has 5 heteroatoms. The molecule has 4 nitrogen and oxygen atoms in total. The molecule has 0 aliphatic carbocycles. The van der Waals surface area contributed by atoms with Crippen LogP contribution in [0.15, 0.2) is 53.4 Å². The van der Waals surface area contributed by atoms with Crippen LogP contribution in [0.4, 0.5) is 0 Å². The molecule has 0 saturated carbocycles. The van der Waals surface area contributed by atoms with Crippen molar-refractivity contribution in [3.05, 3.63) is 59.7 Å². The highest BCUT2D eigenvalue weighted by atomic mass is 32.2. The summed E-state index contributed by atoms with van der Waals surface area (Å²) in [4.78, 5) is 0.0688. The monoisotopic (exact) mass is 334 g/mol. The zero-order valence-electron chi connectivity index (χ0n) is 13.7. The molecule has 0 aromatic heterocycles. The van der Waals surface area contributed by atoms with Gasteiger partial charge < -0.3 is 4.74 Å². The van der Waals surface area contributed by atoms with Crippen LogP contribution in [0.1, 0.15) is 37.5 Å². The lowest BCUT2D eigenvalue weighted by molar-refractivity contribution is 0.218. The molecule has 23 heavy (non-hydrogen) atoms. The molecule has 0 fully saturated rings. The number of benzene rings is 2. The second-order valence-corrected chi connectivity index (χ2v) is 6.98. The van der Waals surface area contributed by atoms with Crippen LogP contribution in [0.3, 0.4) is 0 Å². The minimum Gasteiger partial charge on any atom is -0.485 e. The number of aryl methyl sites for hydroxylation is 1. The van der Waals surface area contributed by atoms with E-state index in [2.05, 4.69) is 0 Å². The molecule has 0 aliphatic heterocycles. The summed E-state index contributed by atoms with van der Waals surface area (Å²) in [5.74, 6) is 0.317. The van der Waals surface area contributed by atoms with Gasteiger partial charge in [0, 0.05) is 0 Å². The molecule has 2 aromatic carbocycles. The molecule has 2 rings (SSSR count). The zero-order valence-corrected chi connectivity index (χ0v) is 14.5. The smallest absolute Gasteiger partial charge is 0.300 e. The van der Waals surface area contributed by atoms with E-state index in [0.29, 0.717) is 12.2 Å². The third-order valence-electron chi connectivity index (χ3n) is 3.38. The van der Waals surface area contributed by atoms with E-state index in [1.807, 2.05) is 51.1 Å². The molecule has 0 amide bonds. The summed E-state index contributed by atoms with van der Waals surface area (Å²) < 4.78 is 35.6. The highest BCUT2D eigenvalue weighted by molar-refractivity contribution is 7.86. The minimum absolute atomic E-state index is 0.0688. The Labute approximate surface area is 138 Å². The molecule has 0 heterocycles. The van der Waals surface area contributed by atoms with Gasteiger partial charge in [-0.25, -0.2) is 0 Å². The number of rotatable bonds is 7. The van der Waals surface area contributed by atoms with E-state index < -0.39 is 10.1 Å². The molecule has 0 radical (unpaired) electrons. The number of hydrogen-bond donors (Lipinski definition) is 0. The van der Waals surface area contributed by atoms with Crippen LogP contribution in [0.25, 0.3) is 0 Å². The summed E-state index contributed by atoms with van der Waals surface area (Å²) in [6.07, 6.45) is 0.361. The van der Waals surface area contributed by atoms with Gasteiger partial charge in [-0.05, 0) is 43.5 Å². The summed E-state index contributed by atoms with van der Waals surface area (Å²) in [5.41, 5.74) is 1.90. The summed E-state index contributed by atoms with van der Waals surface area (Å²) in [6.45, 7) is 5.80. The minimum atomic E-state index is -3.82. The Morgan fingerprint density at radius 1 is 1.09 bits per heavy atom. The average molecular weight is 334 g/mol. The molecular weight excluding hydrogens is 312 g/mol. The highest BCUT2D eigenvalue weighted by Crippen LogP contribution is 2.30. The normalized spacial score (nSPS) is 12.8. The fraction of sp³-hybridized carbons (Fsp3) is 0.333. The largest absolute Gasteiger partial charge is 0.485 e. The fourth-order valence-electron chi connectivity index (χ4n) is 2.15. The van der Waals surface area contributed by atoms with Crippen LogP contribution >= 0.6 is 0 Å². The first-order chi connectivity index (χ1) is 10.9. The standard InChI is InChI=1S/C18H22O4S/c1-4-12-21-23(19,20)18-11-10-14(2)13-17(18)22-15(3)16-8-6-5-7-9-16/h5-11,13,15H,4,12H2,1-3H3. The molecule has 0 saturated heterocycles. The molecule has 0 N–H and O–H groups in total. The summed E-state index contributed by atoms with van der Waals surface area (Å²) in [7, 11) is -3.82. The molecule has 0 aliphatic rings. The van der Waals surface area contributed by atoms with E-state index in [0.717, 1.165) is 11.1 Å². The van der Waals surface area contributed by atoms with E-state index in [1.54, 1.807) is 12.1 Å². The van der Waals surface area contributed by atoms with E-state index >= 15 is 0 Å². The van der Waals surface area contributed by atoms with Gasteiger partial charge in [0.05, 0.1) is 6.61 Å². The van der Waals surface area contributed by atoms with Crippen LogP contribution in [-0.4, -0.2) is 15.0 Å². The first kappa shape index (κ1) is 17.5. The zero-order chi connectivity index (χ0) is 16.9. The Balaban J connectivity index is 2.32. The SMILES string of the molecule is CCCOS(=O)(=O)c1ccc(C)cc1OC(C)c1ccccc1. The Kier molecular flexibility index (Phi) is 5.80. The van der Waals surface area contributed by atoms with Crippen molar-refractivity contribution in [2.24, 2.45) is 0 Å². The van der Waals surface area contributed by atoms with Gasteiger partial charge in [-0.15, -0.1) is 0 Å². The molecule has 0 bridgehead atoms. The maximum atomic E-state index is 12.3. The Hall–Kier alpha value is -1.85. The van der Waals surface area contributed by atoms with Crippen LogP contribution in [0.2, 0.25) is 0 Å². The van der Waals surface area contributed by atoms with Crippen molar-refractivity contribution >= 4 is 10.1 Å². The molecular formula is C18H22O4S. The average Bonchev–Trinajstić information content (AvgIpc) is 2.53. The lowest BCUT2D eigenvalue weighted by Gasteiger charge is -2.18. The van der Waals surface area contributed by atoms with Crippen molar-refractivity contribution in [3.8, 4) is 5.75 Å². The fourth-order valence-corrected chi connectivity index (χ4v) is 3.25. The lowest BCUT2D eigenvalue weighted by atomic mass is 10.1. The second kappa shape index (κ2) is 7.62. The third-order valence-corrected chi connectivity index (χ3v) is 4.74.